The number of rotatable bonds is 6. The molecule has 1 aromatic carbocycles. The van der Waals surface area contributed by atoms with Gasteiger partial charge in [-0.05, 0) is 0 Å². The molecule has 0 bridgehead atoms. The van der Waals surface area contributed by atoms with Crippen LogP contribution in [0.3, 0.4) is 0 Å². The number of fused-ring (bicyclic) bond motifs is 1. The SMILES string of the molecule is Nc1nc(Cl)c2ncn(COCC[Se]c3ccccc3)c2n1. The summed E-state index contributed by atoms with van der Waals surface area (Å²) < 4.78 is 8.83. The second kappa shape index (κ2) is 7.07. The molecule has 0 amide bonds. The predicted molar refractivity (Wildman–Crippen MR) is 87.3 cm³/mol. The van der Waals surface area contributed by atoms with Gasteiger partial charge in [-0.2, -0.15) is 0 Å². The van der Waals surface area contributed by atoms with E-state index in [2.05, 4.69) is 39.2 Å². The van der Waals surface area contributed by atoms with Crippen molar-refractivity contribution in [1.82, 2.24) is 19.5 Å². The summed E-state index contributed by atoms with van der Waals surface area (Å²) >= 11 is 6.41. The number of benzene rings is 1. The Hall–Kier alpha value is -1.66. The van der Waals surface area contributed by atoms with E-state index < -0.39 is 0 Å². The van der Waals surface area contributed by atoms with Crippen LogP contribution in [0.2, 0.25) is 10.5 Å². The summed E-state index contributed by atoms with van der Waals surface area (Å²) in [5.74, 6) is 0.131. The maximum absolute atomic E-state index is 5.98. The van der Waals surface area contributed by atoms with Crippen LogP contribution in [0.4, 0.5) is 5.95 Å². The first-order valence-corrected chi connectivity index (χ1v) is 9.08. The Kier molecular flexibility index (Phi) is 4.90. The van der Waals surface area contributed by atoms with E-state index >= 15 is 0 Å². The van der Waals surface area contributed by atoms with E-state index in [1.807, 2.05) is 6.07 Å². The van der Waals surface area contributed by atoms with Gasteiger partial charge in [0.25, 0.3) is 0 Å². The van der Waals surface area contributed by atoms with Crippen molar-refractivity contribution in [2.24, 2.45) is 0 Å². The second-order valence-electron chi connectivity index (χ2n) is 4.46. The molecule has 3 rings (SSSR count). The fourth-order valence-electron chi connectivity index (χ4n) is 1.92. The average molecular weight is 383 g/mol. The van der Waals surface area contributed by atoms with Gasteiger partial charge in [-0.25, -0.2) is 0 Å². The zero-order valence-electron chi connectivity index (χ0n) is 11.6. The monoisotopic (exact) mass is 383 g/mol. The van der Waals surface area contributed by atoms with Gasteiger partial charge in [0.1, 0.15) is 0 Å². The summed E-state index contributed by atoms with van der Waals surface area (Å²) in [5.41, 5.74) is 6.73. The van der Waals surface area contributed by atoms with Crippen molar-refractivity contribution in [3.63, 3.8) is 0 Å². The molecule has 0 fully saturated rings. The molecule has 3 aromatic rings. The molecule has 114 valence electrons. The molecule has 0 radical (unpaired) electrons. The van der Waals surface area contributed by atoms with Crippen molar-refractivity contribution in [3.8, 4) is 0 Å². The molecular formula is C14H14ClN5OSe. The molecule has 0 unspecified atom stereocenters. The number of nitrogens with zero attached hydrogens (tertiary/aromatic N) is 4. The standard InChI is InChI=1S/C14H14ClN5OSe/c15-12-11-13(19-14(16)18-12)20(8-17-11)9-21-6-7-22-10-4-2-1-3-5-10/h1-5,8H,6-7,9H2,(H2,16,18,19). The van der Waals surface area contributed by atoms with Gasteiger partial charge in [0.15, 0.2) is 0 Å². The van der Waals surface area contributed by atoms with Crippen LogP contribution in [0, 0.1) is 0 Å². The van der Waals surface area contributed by atoms with Crippen LogP contribution in [0.5, 0.6) is 0 Å². The summed E-state index contributed by atoms with van der Waals surface area (Å²) in [4.78, 5) is 12.2. The quantitative estimate of drug-likeness (QED) is 0.397. The number of aromatic nitrogens is 4. The fourth-order valence-corrected chi connectivity index (χ4v) is 3.79. The van der Waals surface area contributed by atoms with Crippen molar-refractivity contribution < 1.29 is 4.74 Å². The van der Waals surface area contributed by atoms with Gasteiger partial charge in [-0.15, -0.1) is 0 Å². The van der Waals surface area contributed by atoms with Crippen LogP contribution in [-0.2, 0) is 11.5 Å². The summed E-state index contributed by atoms with van der Waals surface area (Å²) in [7, 11) is 0. The molecule has 0 spiro atoms. The molecule has 2 heterocycles. The number of nitrogens with two attached hydrogens (primary N) is 1. The van der Waals surface area contributed by atoms with E-state index in [1.165, 1.54) is 4.46 Å². The molecule has 0 aliphatic heterocycles. The number of nitrogen functional groups attached to an aromatic ring is 1. The van der Waals surface area contributed by atoms with Crippen LogP contribution >= 0.6 is 11.6 Å². The molecule has 22 heavy (non-hydrogen) atoms. The zero-order chi connectivity index (χ0) is 15.4. The summed E-state index contributed by atoms with van der Waals surface area (Å²) in [6.07, 6.45) is 1.63. The number of anilines is 1. The predicted octanol–water partition coefficient (Wildman–Crippen LogP) is 1.48. The first-order valence-electron chi connectivity index (χ1n) is 6.63. The molecule has 0 aliphatic rings. The van der Waals surface area contributed by atoms with E-state index in [4.69, 9.17) is 22.1 Å². The number of halogens is 1. The number of hydrogen-bond donors (Lipinski definition) is 1. The Morgan fingerprint density at radius 2 is 2.05 bits per heavy atom. The van der Waals surface area contributed by atoms with Crippen LogP contribution in [0.25, 0.3) is 11.2 Å². The molecule has 6 nitrogen and oxygen atoms in total. The minimum absolute atomic E-state index is 0.131. The Labute approximate surface area is 138 Å². The normalized spacial score (nSPS) is 11.1. The van der Waals surface area contributed by atoms with Gasteiger partial charge in [0.05, 0.1) is 0 Å². The molecule has 0 atom stereocenters. The van der Waals surface area contributed by atoms with Crippen molar-refractivity contribution in [2.45, 2.75) is 12.1 Å². The third-order valence-corrected chi connectivity index (χ3v) is 5.22. The van der Waals surface area contributed by atoms with Crippen LogP contribution in [0.1, 0.15) is 0 Å². The van der Waals surface area contributed by atoms with Gasteiger partial charge in [-0.3, -0.25) is 0 Å². The average Bonchev–Trinajstić information content (AvgIpc) is 2.91. The van der Waals surface area contributed by atoms with E-state index in [9.17, 15) is 0 Å². The molecule has 0 aliphatic carbocycles. The number of hydrogen-bond acceptors (Lipinski definition) is 5. The van der Waals surface area contributed by atoms with Gasteiger partial charge >= 0.3 is 139 Å². The van der Waals surface area contributed by atoms with Crippen LogP contribution < -0.4 is 10.2 Å². The first kappa shape index (κ1) is 15.2. The Balaban J connectivity index is 1.54. The third-order valence-electron chi connectivity index (χ3n) is 2.91. The Bertz CT molecular complexity index is 765. The van der Waals surface area contributed by atoms with E-state index in [0.29, 0.717) is 39.5 Å². The molecule has 0 saturated heterocycles. The molecule has 2 aromatic heterocycles. The second-order valence-corrected chi connectivity index (χ2v) is 7.27. The summed E-state index contributed by atoms with van der Waals surface area (Å²) in [6.45, 7) is 1.05. The van der Waals surface area contributed by atoms with Gasteiger partial charge in [0, 0.05) is 0 Å². The Morgan fingerprint density at radius 1 is 1.23 bits per heavy atom. The summed E-state index contributed by atoms with van der Waals surface area (Å²) in [5, 5.41) is 1.27. The maximum atomic E-state index is 5.98. The fraction of sp³-hybridized carbons (Fsp3) is 0.214. The van der Waals surface area contributed by atoms with Gasteiger partial charge in [-0.1, -0.05) is 0 Å². The molecule has 2 N–H and O–H groups in total. The topological polar surface area (TPSA) is 78.8 Å². The van der Waals surface area contributed by atoms with E-state index in [1.54, 1.807) is 10.9 Å². The summed E-state index contributed by atoms with van der Waals surface area (Å²) in [6, 6.07) is 10.4. The molecule has 0 saturated carbocycles. The van der Waals surface area contributed by atoms with Gasteiger partial charge in [0.2, 0.25) is 0 Å². The van der Waals surface area contributed by atoms with Crippen LogP contribution in [0.15, 0.2) is 36.7 Å². The van der Waals surface area contributed by atoms with Crippen LogP contribution in [-0.4, -0.2) is 41.1 Å². The number of imidazole rings is 1. The van der Waals surface area contributed by atoms with Crippen molar-refractivity contribution >= 4 is 48.1 Å². The minimum atomic E-state index is 0.131. The first-order chi connectivity index (χ1) is 10.7. The third kappa shape index (κ3) is 3.56. The van der Waals surface area contributed by atoms with Crippen molar-refractivity contribution in [2.75, 3.05) is 12.3 Å². The van der Waals surface area contributed by atoms with Crippen molar-refractivity contribution in [1.29, 1.82) is 0 Å². The van der Waals surface area contributed by atoms with Gasteiger partial charge < -0.3 is 0 Å². The van der Waals surface area contributed by atoms with Crippen molar-refractivity contribution in [3.05, 3.63) is 41.8 Å². The van der Waals surface area contributed by atoms with E-state index in [-0.39, 0.29) is 11.1 Å². The van der Waals surface area contributed by atoms with E-state index in [0.717, 1.165) is 5.32 Å². The molecular weight excluding hydrogens is 369 g/mol. The Morgan fingerprint density at radius 3 is 2.86 bits per heavy atom. The zero-order valence-corrected chi connectivity index (χ0v) is 14.1. The molecule has 8 heteroatoms. The number of ether oxygens (including phenoxy) is 1.